The molecule has 1 heterocycles. The van der Waals surface area contributed by atoms with Gasteiger partial charge in [0.1, 0.15) is 0 Å². The van der Waals surface area contributed by atoms with Crippen molar-refractivity contribution in [1.82, 2.24) is 10.1 Å². The molecule has 0 fully saturated rings. The maximum Gasteiger partial charge on any atom is 0.232 e. The van der Waals surface area contributed by atoms with E-state index >= 15 is 0 Å². The first-order valence-corrected chi connectivity index (χ1v) is 5.46. The lowest BCUT2D eigenvalue weighted by Gasteiger charge is -2.07. The molecular weight excluding hydrogens is 242 g/mol. The van der Waals surface area contributed by atoms with E-state index in [1.165, 1.54) is 6.07 Å². The minimum Gasteiger partial charge on any atom is -0.393 e. The van der Waals surface area contributed by atoms with E-state index in [4.69, 9.17) is 4.52 Å². The van der Waals surface area contributed by atoms with Crippen LogP contribution in [0.1, 0.15) is 25.7 Å². The molecule has 96 valence electrons. The molecule has 2 atom stereocenters. The summed E-state index contributed by atoms with van der Waals surface area (Å²) in [6, 6.07) is 3.36. The van der Waals surface area contributed by atoms with E-state index in [1.54, 1.807) is 13.8 Å². The predicted molar refractivity (Wildman–Crippen MR) is 59.7 cm³/mol. The van der Waals surface area contributed by atoms with Gasteiger partial charge in [0, 0.05) is 5.56 Å². The summed E-state index contributed by atoms with van der Waals surface area (Å²) in [4.78, 5) is 4.05. The highest BCUT2D eigenvalue weighted by atomic mass is 19.2. The first-order chi connectivity index (χ1) is 8.49. The third-order valence-electron chi connectivity index (χ3n) is 2.73. The van der Waals surface area contributed by atoms with Crippen LogP contribution in [0.15, 0.2) is 22.7 Å². The molecule has 0 radical (unpaired) electrons. The lowest BCUT2D eigenvalue weighted by Crippen LogP contribution is -2.11. The lowest BCUT2D eigenvalue weighted by molar-refractivity contribution is 0.151. The quantitative estimate of drug-likeness (QED) is 0.914. The van der Waals surface area contributed by atoms with Crippen molar-refractivity contribution >= 4 is 0 Å². The van der Waals surface area contributed by atoms with Crippen LogP contribution in [0, 0.1) is 11.6 Å². The smallest absolute Gasteiger partial charge is 0.232 e. The molecule has 2 unspecified atom stereocenters. The Bertz CT molecular complexity index is 555. The van der Waals surface area contributed by atoms with Gasteiger partial charge in [0.15, 0.2) is 11.6 Å². The highest BCUT2D eigenvalue weighted by Gasteiger charge is 2.19. The second kappa shape index (κ2) is 4.81. The van der Waals surface area contributed by atoms with E-state index in [0.29, 0.717) is 5.56 Å². The van der Waals surface area contributed by atoms with Crippen molar-refractivity contribution in [2.24, 2.45) is 0 Å². The number of halogens is 2. The average Bonchev–Trinajstić information content (AvgIpc) is 2.81. The Balaban J connectivity index is 2.32. The van der Waals surface area contributed by atoms with E-state index in [-0.39, 0.29) is 17.6 Å². The molecular formula is C12H12F2N2O2. The molecule has 0 amide bonds. The van der Waals surface area contributed by atoms with Gasteiger partial charge in [0.2, 0.25) is 11.7 Å². The molecule has 0 saturated heterocycles. The summed E-state index contributed by atoms with van der Waals surface area (Å²) >= 11 is 0. The molecule has 18 heavy (non-hydrogen) atoms. The fraction of sp³-hybridized carbons (Fsp3) is 0.333. The number of benzene rings is 1. The van der Waals surface area contributed by atoms with Gasteiger partial charge in [-0.3, -0.25) is 0 Å². The van der Waals surface area contributed by atoms with Crippen LogP contribution in [0.5, 0.6) is 0 Å². The van der Waals surface area contributed by atoms with Crippen LogP contribution in [-0.2, 0) is 0 Å². The highest BCUT2D eigenvalue weighted by Crippen LogP contribution is 2.22. The van der Waals surface area contributed by atoms with E-state index in [0.717, 1.165) is 12.1 Å². The Kier molecular flexibility index (Phi) is 3.38. The molecule has 0 saturated carbocycles. The summed E-state index contributed by atoms with van der Waals surface area (Å²) in [6.07, 6.45) is -0.636. The zero-order valence-corrected chi connectivity index (χ0v) is 9.89. The number of nitrogens with zero attached hydrogens (tertiary/aromatic N) is 2. The summed E-state index contributed by atoms with van der Waals surface area (Å²) in [7, 11) is 0. The first kappa shape index (κ1) is 12.6. The van der Waals surface area contributed by atoms with E-state index < -0.39 is 17.7 Å². The van der Waals surface area contributed by atoms with Gasteiger partial charge in [0.25, 0.3) is 0 Å². The van der Waals surface area contributed by atoms with Crippen molar-refractivity contribution < 1.29 is 18.4 Å². The minimum absolute atomic E-state index is 0.163. The second-order valence-electron chi connectivity index (χ2n) is 4.11. The van der Waals surface area contributed by atoms with E-state index in [9.17, 15) is 13.9 Å². The van der Waals surface area contributed by atoms with Gasteiger partial charge in [-0.15, -0.1) is 0 Å². The topological polar surface area (TPSA) is 59.2 Å². The fourth-order valence-electron chi connectivity index (χ4n) is 1.38. The number of rotatable bonds is 3. The molecule has 2 aromatic rings. The summed E-state index contributed by atoms with van der Waals surface area (Å²) in [5.41, 5.74) is 0.321. The minimum atomic E-state index is -0.970. The van der Waals surface area contributed by atoms with Crippen LogP contribution in [-0.4, -0.2) is 21.4 Å². The monoisotopic (exact) mass is 254 g/mol. The van der Waals surface area contributed by atoms with Crippen molar-refractivity contribution in [3.8, 4) is 11.4 Å². The van der Waals surface area contributed by atoms with Crippen molar-refractivity contribution in [3.63, 3.8) is 0 Å². The van der Waals surface area contributed by atoms with Gasteiger partial charge in [-0.1, -0.05) is 12.1 Å². The van der Waals surface area contributed by atoms with Crippen LogP contribution in [0.3, 0.4) is 0 Å². The Morgan fingerprint density at radius 2 is 1.94 bits per heavy atom. The van der Waals surface area contributed by atoms with Gasteiger partial charge in [-0.05, 0) is 25.1 Å². The standard InChI is InChI=1S/C12H12F2N2O2/c1-6(7(2)17)12-15-11(16-18-12)8-3-4-9(13)10(14)5-8/h3-7,17H,1-2H3. The highest BCUT2D eigenvalue weighted by molar-refractivity contribution is 5.54. The molecule has 0 aliphatic heterocycles. The van der Waals surface area contributed by atoms with Gasteiger partial charge >= 0.3 is 0 Å². The Labute approximate surface area is 102 Å². The number of aliphatic hydroxyl groups excluding tert-OH is 1. The summed E-state index contributed by atoms with van der Waals surface area (Å²) in [5.74, 6) is -1.81. The molecule has 6 heteroatoms. The number of aromatic nitrogens is 2. The summed E-state index contributed by atoms with van der Waals surface area (Å²) in [6.45, 7) is 3.33. The zero-order valence-electron chi connectivity index (χ0n) is 9.89. The van der Waals surface area contributed by atoms with Crippen molar-refractivity contribution in [3.05, 3.63) is 35.7 Å². The van der Waals surface area contributed by atoms with Crippen molar-refractivity contribution in [2.45, 2.75) is 25.9 Å². The van der Waals surface area contributed by atoms with Gasteiger partial charge in [-0.2, -0.15) is 4.98 Å². The Morgan fingerprint density at radius 1 is 1.22 bits per heavy atom. The molecule has 1 aromatic carbocycles. The largest absolute Gasteiger partial charge is 0.393 e. The molecule has 0 spiro atoms. The van der Waals surface area contributed by atoms with Crippen molar-refractivity contribution in [2.75, 3.05) is 0 Å². The molecule has 0 bridgehead atoms. The average molecular weight is 254 g/mol. The predicted octanol–water partition coefficient (Wildman–Crippen LogP) is 2.50. The molecule has 4 nitrogen and oxygen atoms in total. The van der Waals surface area contributed by atoms with E-state index in [2.05, 4.69) is 10.1 Å². The maximum atomic E-state index is 13.1. The van der Waals surface area contributed by atoms with Gasteiger partial charge in [0.05, 0.1) is 12.0 Å². The molecule has 1 N–H and O–H groups in total. The number of hydrogen-bond acceptors (Lipinski definition) is 4. The second-order valence-corrected chi connectivity index (χ2v) is 4.11. The van der Waals surface area contributed by atoms with Crippen molar-refractivity contribution in [1.29, 1.82) is 0 Å². The van der Waals surface area contributed by atoms with Crippen LogP contribution in [0.4, 0.5) is 8.78 Å². The van der Waals surface area contributed by atoms with Crippen LogP contribution >= 0.6 is 0 Å². The molecule has 0 aliphatic carbocycles. The van der Waals surface area contributed by atoms with Crippen LogP contribution in [0.2, 0.25) is 0 Å². The molecule has 2 rings (SSSR count). The normalized spacial score (nSPS) is 14.5. The SMILES string of the molecule is CC(O)C(C)c1nc(-c2ccc(F)c(F)c2)no1. The van der Waals surface area contributed by atoms with Crippen LogP contribution in [0.25, 0.3) is 11.4 Å². The Hall–Kier alpha value is -1.82. The number of aliphatic hydroxyl groups is 1. The fourth-order valence-corrected chi connectivity index (χ4v) is 1.38. The summed E-state index contributed by atoms with van der Waals surface area (Å²) < 4.78 is 30.8. The maximum absolute atomic E-state index is 13.1. The van der Waals surface area contributed by atoms with Gasteiger partial charge in [-0.25, -0.2) is 8.78 Å². The molecule has 0 aliphatic rings. The molecule has 1 aromatic heterocycles. The van der Waals surface area contributed by atoms with Crippen LogP contribution < -0.4 is 0 Å². The first-order valence-electron chi connectivity index (χ1n) is 5.46. The lowest BCUT2D eigenvalue weighted by atomic mass is 10.1. The third-order valence-corrected chi connectivity index (χ3v) is 2.73. The summed E-state index contributed by atoms with van der Waals surface area (Å²) in [5, 5.41) is 13.1. The van der Waals surface area contributed by atoms with E-state index in [1.807, 2.05) is 0 Å². The van der Waals surface area contributed by atoms with Gasteiger partial charge < -0.3 is 9.63 Å². The zero-order chi connectivity index (χ0) is 13.3. The Morgan fingerprint density at radius 3 is 2.56 bits per heavy atom. The number of hydrogen-bond donors (Lipinski definition) is 1. The third kappa shape index (κ3) is 2.38.